The number of sulfone groups is 1. The van der Waals surface area contributed by atoms with E-state index in [0.717, 1.165) is 5.56 Å². The van der Waals surface area contributed by atoms with Crippen molar-refractivity contribution in [2.24, 2.45) is 0 Å². The van der Waals surface area contributed by atoms with E-state index in [1.165, 1.54) is 42.5 Å². The van der Waals surface area contributed by atoms with E-state index in [-0.39, 0.29) is 10.6 Å². The highest BCUT2D eigenvalue weighted by molar-refractivity contribution is 7.90. The van der Waals surface area contributed by atoms with Crippen molar-refractivity contribution in [1.82, 2.24) is 10.3 Å². The summed E-state index contributed by atoms with van der Waals surface area (Å²) in [7, 11) is -3.62. The monoisotopic (exact) mass is 399 g/mol. The van der Waals surface area contributed by atoms with Crippen molar-refractivity contribution in [2.45, 2.75) is 17.2 Å². The lowest BCUT2D eigenvalue weighted by Gasteiger charge is -2.09. The van der Waals surface area contributed by atoms with E-state index in [9.17, 15) is 17.6 Å². The summed E-state index contributed by atoms with van der Waals surface area (Å²) in [5.74, 6) is -0.784. The molecule has 0 saturated heterocycles. The molecule has 0 spiro atoms. The molecule has 2 N–H and O–H groups in total. The Morgan fingerprint density at radius 2 is 1.75 bits per heavy atom. The molecule has 1 aromatic heterocycles. The van der Waals surface area contributed by atoms with Crippen molar-refractivity contribution in [3.8, 4) is 0 Å². The molecule has 0 atom stereocenters. The van der Waals surface area contributed by atoms with Crippen LogP contribution in [0, 0.1) is 5.82 Å². The lowest BCUT2D eigenvalue weighted by molar-refractivity contribution is 0.251. The van der Waals surface area contributed by atoms with Crippen LogP contribution in [0.15, 0.2) is 78.0 Å². The molecule has 8 heteroatoms. The van der Waals surface area contributed by atoms with Gasteiger partial charge in [0.05, 0.1) is 10.6 Å². The van der Waals surface area contributed by atoms with Crippen LogP contribution in [0.2, 0.25) is 0 Å². The van der Waals surface area contributed by atoms with Gasteiger partial charge in [-0.25, -0.2) is 17.6 Å². The van der Waals surface area contributed by atoms with Crippen LogP contribution in [0.5, 0.6) is 0 Å². The fourth-order valence-electron chi connectivity index (χ4n) is 2.54. The molecule has 2 amide bonds. The number of rotatable bonds is 6. The molecule has 28 heavy (non-hydrogen) atoms. The average Bonchev–Trinajstić information content (AvgIpc) is 2.67. The first-order valence-electron chi connectivity index (χ1n) is 8.43. The molecule has 1 heterocycles. The van der Waals surface area contributed by atoms with Crippen molar-refractivity contribution in [3.63, 3.8) is 0 Å². The zero-order valence-electron chi connectivity index (χ0n) is 14.8. The van der Waals surface area contributed by atoms with Crippen LogP contribution < -0.4 is 10.6 Å². The van der Waals surface area contributed by atoms with Gasteiger partial charge in [-0.15, -0.1) is 0 Å². The topological polar surface area (TPSA) is 88.2 Å². The molecule has 0 aliphatic carbocycles. The van der Waals surface area contributed by atoms with Crippen LogP contribution in [0.3, 0.4) is 0 Å². The lowest BCUT2D eigenvalue weighted by atomic mass is 10.2. The molecular weight excluding hydrogens is 381 g/mol. The average molecular weight is 399 g/mol. The maximum Gasteiger partial charge on any atom is 0.319 e. The van der Waals surface area contributed by atoms with Crippen LogP contribution in [-0.2, 0) is 22.1 Å². The number of benzene rings is 2. The van der Waals surface area contributed by atoms with E-state index in [1.54, 1.807) is 24.5 Å². The number of pyridine rings is 1. The Balaban J connectivity index is 1.60. The maximum absolute atomic E-state index is 13.2. The van der Waals surface area contributed by atoms with E-state index in [2.05, 4.69) is 15.6 Å². The summed E-state index contributed by atoms with van der Waals surface area (Å²) in [6.45, 7) is 0.319. The minimum absolute atomic E-state index is 0.0954. The number of urea groups is 1. The minimum Gasteiger partial charge on any atom is -0.334 e. The van der Waals surface area contributed by atoms with Crippen molar-refractivity contribution in [3.05, 3.63) is 90.0 Å². The quantitative estimate of drug-likeness (QED) is 0.664. The van der Waals surface area contributed by atoms with E-state index in [1.807, 2.05) is 6.07 Å². The van der Waals surface area contributed by atoms with Crippen LogP contribution in [-0.4, -0.2) is 19.4 Å². The Bertz CT molecular complexity index is 1060. The fourth-order valence-corrected chi connectivity index (χ4v) is 3.87. The second-order valence-electron chi connectivity index (χ2n) is 6.08. The van der Waals surface area contributed by atoms with Gasteiger partial charge in [-0.2, -0.15) is 0 Å². The maximum atomic E-state index is 13.2. The lowest BCUT2D eigenvalue weighted by Crippen LogP contribution is -2.28. The summed E-state index contributed by atoms with van der Waals surface area (Å²) in [6, 6.07) is 14.5. The first-order valence-corrected chi connectivity index (χ1v) is 10.1. The van der Waals surface area contributed by atoms with Gasteiger partial charge in [0.2, 0.25) is 0 Å². The van der Waals surface area contributed by atoms with Gasteiger partial charge in [0.1, 0.15) is 5.82 Å². The third kappa shape index (κ3) is 5.37. The molecular formula is C20H18FN3O3S. The number of carbonyl (C=O) groups is 1. The molecule has 0 radical (unpaired) electrons. The summed E-state index contributed by atoms with van der Waals surface area (Å²) in [5.41, 5.74) is 1.68. The Labute approximate surface area is 162 Å². The van der Waals surface area contributed by atoms with E-state index in [0.29, 0.717) is 17.8 Å². The predicted octanol–water partition coefficient (Wildman–Crippen LogP) is 3.52. The third-order valence-electron chi connectivity index (χ3n) is 3.89. The van der Waals surface area contributed by atoms with Crippen molar-refractivity contribution < 1.29 is 17.6 Å². The molecule has 0 bridgehead atoms. The summed E-state index contributed by atoms with van der Waals surface area (Å²) in [6.07, 6.45) is 3.30. The van der Waals surface area contributed by atoms with Crippen LogP contribution in [0.25, 0.3) is 0 Å². The second-order valence-corrected chi connectivity index (χ2v) is 8.07. The number of hydrogen-bond donors (Lipinski definition) is 2. The highest BCUT2D eigenvalue weighted by Crippen LogP contribution is 2.19. The molecule has 0 aliphatic rings. The van der Waals surface area contributed by atoms with Crippen molar-refractivity contribution in [1.29, 1.82) is 0 Å². The van der Waals surface area contributed by atoms with E-state index >= 15 is 0 Å². The molecule has 0 aliphatic heterocycles. The Hall–Kier alpha value is -3.26. The molecule has 0 unspecified atom stereocenters. The molecule has 144 valence electrons. The smallest absolute Gasteiger partial charge is 0.319 e. The number of hydrogen-bond acceptors (Lipinski definition) is 4. The van der Waals surface area contributed by atoms with Crippen LogP contribution in [0.1, 0.15) is 11.1 Å². The van der Waals surface area contributed by atoms with Crippen LogP contribution in [0.4, 0.5) is 14.9 Å². The zero-order valence-corrected chi connectivity index (χ0v) is 15.6. The highest BCUT2D eigenvalue weighted by Gasteiger charge is 2.16. The summed E-state index contributed by atoms with van der Waals surface area (Å²) < 4.78 is 38.2. The first-order chi connectivity index (χ1) is 13.4. The summed E-state index contributed by atoms with van der Waals surface area (Å²) in [4.78, 5) is 16.0. The Morgan fingerprint density at radius 3 is 2.43 bits per heavy atom. The Kier molecular flexibility index (Phi) is 6.00. The van der Waals surface area contributed by atoms with Crippen molar-refractivity contribution >= 4 is 21.6 Å². The van der Waals surface area contributed by atoms with E-state index < -0.39 is 21.7 Å². The number of anilines is 1. The number of nitrogens with zero attached hydrogens (tertiary/aromatic N) is 1. The van der Waals surface area contributed by atoms with Gasteiger partial charge in [-0.3, -0.25) is 4.98 Å². The minimum atomic E-state index is -3.62. The fraction of sp³-hybridized carbons (Fsp3) is 0.100. The molecule has 0 fully saturated rings. The van der Waals surface area contributed by atoms with Gasteiger partial charge in [-0.1, -0.05) is 18.2 Å². The number of carbonyl (C=O) groups excluding carboxylic acids is 1. The standard InChI is InChI=1S/C20H18FN3O3S/c21-17-5-1-3-15(11-17)14-28(26,27)19-8-6-18(7-9-19)24-20(25)23-13-16-4-2-10-22-12-16/h1-12H,13-14H2,(H2,23,24,25). The number of halogens is 1. The van der Waals surface area contributed by atoms with Crippen molar-refractivity contribution in [2.75, 3.05) is 5.32 Å². The third-order valence-corrected chi connectivity index (χ3v) is 5.60. The first kappa shape index (κ1) is 19.5. The van der Waals surface area contributed by atoms with Gasteiger partial charge < -0.3 is 10.6 Å². The number of nitrogens with one attached hydrogen (secondary N) is 2. The number of amides is 2. The summed E-state index contributed by atoms with van der Waals surface area (Å²) in [5, 5.41) is 5.32. The molecule has 2 aromatic carbocycles. The van der Waals surface area contributed by atoms with Gasteiger partial charge in [0.15, 0.2) is 9.84 Å². The second kappa shape index (κ2) is 8.62. The number of aromatic nitrogens is 1. The van der Waals surface area contributed by atoms with Gasteiger partial charge >= 0.3 is 6.03 Å². The molecule has 3 rings (SSSR count). The normalized spacial score (nSPS) is 11.0. The molecule has 0 saturated carbocycles. The van der Waals surface area contributed by atoms with E-state index in [4.69, 9.17) is 0 Å². The van der Waals surface area contributed by atoms with Crippen LogP contribution >= 0.6 is 0 Å². The predicted molar refractivity (Wildman–Crippen MR) is 104 cm³/mol. The van der Waals surface area contributed by atoms with Gasteiger partial charge in [0.25, 0.3) is 0 Å². The molecule has 6 nitrogen and oxygen atoms in total. The highest BCUT2D eigenvalue weighted by atomic mass is 32.2. The van der Waals surface area contributed by atoms with Gasteiger partial charge in [0, 0.05) is 24.6 Å². The Morgan fingerprint density at radius 1 is 1.00 bits per heavy atom. The largest absolute Gasteiger partial charge is 0.334 e. The summed E-state index contributed by atoms with van der Waals surface area (Å²) >= 11 is 0. The van der Waals surface area contributed by atoms with Gasteiger partial charge in [-0.05, 0) is 53.6 Å². The zero-order chi connectivity index (χ0) is 20.0. The SMILES string of the molecule is O=C(NCc1cccnc1)Nc1ccc(S(=O)(=O)Cc2cccc(F)c2)cc1. The molecule has 3 aromatic rings.